The van der Waals surface area contributed by atoms with Gasteiger partial charge in [0.1, 0.15) is 0 Å². The molecule has 2 heteroatoms. The number of hydrogen-bond donors (Lipinski definition) is 1. The first-order chi connectivity index (χ1) is 4.64. The Morgan fingerprint density at radius 1 is 1.80 bits per heavy atom. The molecule has 0 aromatic heterocycles. The zero-order valence-corrected chi connectivity index (χ0v) is 6.11. The van der Waals surface area contributed by atoms with Gasteiger partial charge in [0.05, 0.1) is 5.41 Å². The van der Waals surface area contributed by atoms with Gasteiger partial charge in [-0.15, -0.1) is 0 Å². The van der Waals surface area contributed by atoms with Crippen molar-refractivity contribution in [3.8, 4) is 0 Å². The smallest absolute Gasteiger partial charge is 0.226 e. The van der Waals surface area contributed by atoms with E-state index >= 15 is 0 Å². The molecular formula is C8H11NO. The molecule has 2 rings (SSSR count). The summed E-state index contributed by atoms with van der Waals surface area (Å²) in [5.41, 5.74) is 1.15. The predicted molar refractivity (Wildman–Crippen MR) is 38.4 cm³/mol. The van der Waals surface area contributed by atoms with Crippen LogP contribution in [0.2, 0.25) is 0 Å². The van der Waals surface area contributed by atoms with Crippen molar-refractivity contribution < 1.29 is 4.79 Å². The van der Waals surface area contributed by atoms with E-state index in [1.165, 1.54) is 5.57 Å². The van der Waals surface area contributed by atoms with Crippen molar-refractivity contribution in [1.29, 1.82) is 0 Å². The van der Waals surface area contributed by atoms with Gasteiger partial charge in [-0.25, -0.2) is 0 Å². The number of amides is 1. The maximum atomic E-state index is 11.2. The third-order valence-electron chi connectivity index (χ3n) is 2.84. The fourth-order valence-electron chi connectivity index (χ4n) is 2.04. The average molecular weight is 137 g/mol. The molecule has 0 aromatic rings. The number of fused-ring (bicyclic) bond motifs is 1. The molecule has 0 spiro atoms. The van der Waals surface area contributed by atoms with Crippen LogP contribution in [0.1, 0.15) is 13.3 Å². The molecule has 2 nitrogen and oxygen atoms in total. The molecule has 2 fully saturated rings. The lowest BCUT2D eigenvalue weighted by molar-refractivity contribution is -0.129. The molecule has 1 heterocycles. The predicted octanol–water partition coefficient (Wildman–Crippen LogP) is 0.699. The summed E-state index contributed by atoms with van der Waals surface area (Å²) < 4.78 is 0. The monoisotopic (exact) mass is 137 g/mol. The first-order valence-corrected chi connectivity index (χ1v) is 3.60. The van der Waals surface area contributed by atoms with E-state index in [0.717, 1.165) is 13.0 Å². The van der Waals surface area contributed by atoms with Gasteiger partial charge < -0.3 is 5.32 Å². The summed E-state index contributed by atoms with van der Waals surface area (Å²) in [6.07, 6.45) is 0.892. The van der Waals surface area contributed by atoms with E-state index in [0.29, 0.717) is 5.92 Å². The van der Waals surface area contributed by atoms with Crippen molar-refractivity contribution in [1.82, 2.24) is 5.32 Å². The highest BCUT2D eigenvalue weighted by Gasteiger charge is 2.55. The summed E-state index contributed by atoms with van der Waals surface area (Å²) >= 11 is 0. The number of carbonyl (C=O) groups excluding carboxylic acids is 1. The standard InChI is InChI=1S/C8H11NO/c1-5-3-8(2)6(5)4-9-7(8)10/h6H,1,3-4H2,2H3,(H,9,10). The second-order valence-corrected chi connectivity index (χ2v) is 3.52. The lowest BCUT2D eigenvalue weighted by atomic mass is 9.60. The molecule has 10 heavy (non-hydrogen) atoms. The van der Waals surface area contributed by atoms with Crippen LogP contribution < -0.4 is 5.32 Å². The molecule has 0 bridgehead atoms. The van der Waals surface area contributed by atoms with Crippen LogP contribution in [0.5, 0.6) is 0 Å². The Hall–Kier alpha value is -0.790. The van der Waals surface area contributed by atoms with Gasteiger partial charge in [-0.1, -0.05) is 12.2 Å². The van der Waals surface area contributed by atoms with Crippen molar-refractivity contribution in [3.05, 3.63) is 12.2 Å². The molecule has 2 unspecified atom stereocenters. The van der Waals surface area contributed by atoms with Crippen LogP contribution in [-0.4, -0.2) is 12.5 Å². The van der Waals surface area contributed by atoms with E-state index in [-0.39, 0.29) is 11.3 Å². The maximum absolute atomic E-state index is 11.2. The minimum Gasteiger partial charge on any atom is -0.355 e. The van der Waals surface area contributed by atoms with Crippen LogP contribution in [0.25, 0.3) is 0 Å². The molecule has 0 radical (unpaired) electrons. The second kappa shape index (κ2) is 1.44. The Bertz CT molecular complexity index is 221. The number of nitrogens with one attached hydrogen (secondary N) is 1. The quantitative estimate of drug-likeness (QED) is 0.489. The third kappa shape index (κ3) is 0.437. The Labute approximate surface area is 60.3 Å². The Morgan fingerprint density at radius 3 is 2.90 bits per heavy atom. The van der Waals surface area contributed by atoms with Crippen molar-refractivity contribution >= 4 is 5.91 Å². The summed E-state index contributed by atoms with van der Waals surface area (Å²) in [5.74, 6) is 0.643. The zero-order chi connectivity index (χ0) is 7.35. The molecular weight excluding hydrogens is 126 g/mol. The minimum absolute atomic E-state index is 0.0862. The van der Waals surface area contributed by atoms with Crippen molar-refractivity contribution in [2.24, 2.45) is 11.3 Å². The van der Waals surface area contributed by atoms with E-state index in [9.17, 15) is 4.79 Å². The van der Waals surface area contributed by atoms with E-state index in [1.54, 1.807) is 0 Å². The van der Waals surface area contributed by atoms with Crippen molar-refractivity contribution in [3.63, 3.8) is 0 Å². The molecule has 1 aliphatic heterocycles. The Balaban J connectivity index is 2.32. The van der Waals surface area contributed by atoms with E-state index in [1.807, 2.05) is 6.92 Å². The van der Waals surface area contributed by atoms with Crippen LogP contribution in [0.15, 0.2) is 12.2 Å². The topological polar surface area (TPSA) is 29.1 Å². The van der Waals surface area contributed by atoms with Crippen molar-refractivity contribution in [2.45, 2.75) is 13.3 Å². The summed E-state index contributed by atoms with van der Waals surface area (Å²) in [6.45, 7) is 6.73. The summed E-state index contributed by atoms with van der Waals surface area (Å²) in [6, 6.07) is 0. The van der Waals surface area contributed by atoms with Crippen LogP contribution in [0.4, 0.5) is 0 Å². The Morgan fingerprint density at radius 2 is 2.50 bits per heavy atom. The summed E-state index contributed by atoms with van der Waals surface area (Å²) in [4.78, 5) is 11.2. The van der Waals surface area contributed by atoms with Crippen LogP contribution >= 0.6 is 0 Å². The average Bonchev–Trinajstić information content (AvgIpc) is 2.06. The van der Waals surface area contributed by atoms with Crippen molar-refractivity contribution in [2.75, 3.05) is 6.54 Å². The highest BCUT2D eigenvalue weighted by molar-refractivity contribution is 5.87. The number of hydrogen-bond acceptors (Lipinski definition) is 1. The third-order valence-corrected chi connectivity index (χ3v) is 2.84. The summed E-state index contributed by atoms with van der Waals surface area (Å²) in [5, 5.41) is 2.85. The van der Waals surface area contributed by atoms with E-state index < -0.39 is 0 Å². The second-order valence-electron chi connectivity index (χ2n) is 3.52. The molecule has 0 aromatic carbocycles. The Kier molecular flexibility index (Phi) is 0.858. The fraction of sp³-hybridized carbons (Fsp3) is 0.625. The van der Waals surface area contributed by atoms with Gasteiger partial charge in [-0.2, -0.15) is 0 Å². The molecule has 2 atom stereocenters. The van der Waals surface area contributed by atoms with Crippen LogP contribution in [-0.2, 0) is 4.79 Å². The molecule has 2 aliphatic rings. The van der Waals surface area contributed by atoms with Gasteiger partial charge in [-0.05, 0) is 13.3 Å². The lowest BCUT2D eigenvalue weighted by Gasteiger charge is -2.40. The van der Waals surface area contributed by atoms with Gasteiger partial charge in [0.15, 0.2) is 0 Å². The molecule has 1 N–H and O–H groups in total. The minimum atomic E-state index is -0.0862. The first-order valence-electron chi connectivity index (χ1n) is 3.60. The normalized spacial score (nSPS) is 44.3. The van der Waals surface area contributed by atoms with E-state index in [4.69, 9.17) is 0 Å². The van der Waals surface area contributed by atoms with Gasteiger partial charge in [0.2, 0.25) is 5.91 Å². The molecule has 1 saturated heterocycles. The van der Waals surface area contributed by atoms with Gasteiger partial charge in [0.25, 0.3) is 0 Å². The maximum Gasteiger partial charge on any atom is 0.226 e. The summed E-state index contributed by atoms with van der Waals surface area (Å²) in [7, 11) is 0. The van der Waals surface area contributed by atoms with Crippen LogP contribution in [0, 0.1) is 11.3 Å². The van der Waals surface area contributed by atoms with E-state index in [2.05, 4.69) is 11.9 Å². The lowest BCUT2D eigenvalue weighted by Crippen LogP contribution is -2.41. The fourth-order valence-corrected chi connectivity index (χ4v) is 2.04. The molecule has 1 amide bonds. The SMILES string of the molecule is C=C1CC2(C)C(=O)NCC12. The number of rotatable bonds is 0. The number of carbonyl (C=O) groups is 1. The molecule has 1 aliphatic carbocycles. The van der Waals surface area contributed by atoms with Gasteiger partial charge in [-0.3, -0.25) is 4.79 Å². The van der Waals surface area contributed by atoms with Gasteiger partial charge >= 0.3 is 0 Å². The first kappa shape index (κ1) is 5.96. The van der Waals surface area contributed by atoms with Crippen LogP contribution in [0.3, 0.4) is 0 Å². The van der Waals surface area contributed by atoms with Gasteiger partial charge in [0, 0.05) is 12.5 Å². The molecule has 1 saturated carbocycles. The largest absolute Gasteiger partial charge is 0.355 e. The molecule has 54 valence electrons. The zero-order valence-electron chi connectivity index (χ0n) is 6.11. The highest BCUT2D eigenvalue weighted by atomic mass is 16.2. The highest BCUT2D eigenvalue weighted by Crippen LogP contribution is 2.52.